The Balaban J connectivity index is 1.63. The quantitative estimate of drug-likeness (QED) is 0.710. The lowest BCUT2D eigenvalue weighted by atomic mass is 10.1. The van der Waals surface area contributed by atoms with E-state index in [1.807, 2.05) is 51.1 Å². The van der Waals surface area contributed by atoms with Crippen LogP contribution in [-0.4, -0.2) is 28.8 Å². The molecule has 0 saturated carbocycles. The van der Waals surface area contributed by atoms with Crippen LogP contribution in [0.25, 0.3) is 0 Å². The lowest BCUT2D eigenvalue weighted by Crippen LogP contribution is -2.28. The number of amidine groups is 1. The topological polar surface area (TPSA) is 79.8 Å². The Kier molecular flexibility index (Phi) is 6.93. The van der Waals surface area contributed by atoms with Crippen LogP contribution >= 0.6 is 11.8 Å². The van der Waals surface area contributed by atoms with E-state index in [2.05, 4.69) is 21.7 Å². The van der Waals surface area contributed by atoms with Crippen molar-refractivity contribution in [3.8, 4) is 5.75 Å². The van der Waals surface area contributed by atoms with Gasteiger partial charge < -0.3 is 15.4 Å². The van der Waals surface area contributed by atoms with Crippen LogP contribution in [0, 0.1) is 13.8 Å². The average molecular weight is 412 g/mol. The van der Waals surface area contributed by atoms with Gasteiger partial charge in [-0.2, -0.15) is 0 Å². The number of hydrogen-bond acceptors (Lipinski definition) is 5. The second kappa shape index (κ2) is 9.60. The van der Waals surface area contributed by atoms with Gasteiger partial charge >= 0.3 is 0 Å². The summed E-state index contributed by atoms with van der Waals surface area (Å²) < 4.78 is 5.66. The predicted octanol–water partition coefficient (Wildman–Crippen LogP) is 4.34. The van der Waals surface area contributed by atoms with E-state index in [1.165, 1.54) is 11.8 Å². The first-order valence-corrected chi connectivity index (χ1v) is 10.5. The van der Waals surface area contributed by atoms with Gasteiger partial charge in [-0.25, -0.2) is 4.99 Å². The Morgan fingerprint density at radius 2 is 1.93 bits per heavy atom. The Labute approximate surface area is 175 Å². The molecule has 7 heteroatoms. The Morgan fingerprint density at radius 3 is 2.66 bits per heavy atom. The van der Waals surface area contributed by atoms with Crippen LogP contribution in [0.5, 0.6) is 5.75 Å². The fourth-order valence-corrected chi connectivity index (χ4v) is 3.99. The van der Waals surface area contributed by atoms with Crippen LogP contribution in [0.3, 0.4) is 0 Å². The molecule has 2 amide bonds. The molecule has 0 radical (unpaired) electrons. The second-order valence-electron chi connectivity index (χ2n) is 6.96. The van der Waals surface area contributed by atoms with E-state index in [0.29, 0.717) is 23.2 Å². The second-order valence-corrected chi connectivity index (χ2v) is 8.15. The van der Waals surface area contributed by atoms with Gasteiger partial charge in [0.2, 0.25) is 11.8 Å². The molecule has 152 valence electrons. The van der Waals surface area contributed by atoms with Gasteiger partial charge in [-0.1, -0.05) is 36.9 Å². The van der Waals surface area contributed by atoms with Gasteiger partial charge in [-0.15, -0.1) is 0 Å². The fourth-order valence-electron chi connectivity index (χ4n) is 3.00. The smallest absolute Gasteiger partial charge is 0.240 e. The highest BCUT2D eigenvalue weighted by atomic mass is 32.2. The largest absolute Gasteiger partial charge is 0.491 e. The number of rotatable bonds is 7. The molecule has 3 rings (SSSR count). The van der Waals surface area contributed by atoms with Gasteiger partial charge in [-0.05, 0) is 55.7 Å². The van der Waals surface area contributed by atoms with Crippen molar-refractivity contribution < 1.29 is 14.3 Å². The number of aliphatic imine (C=N–C) groups is 1. The molecule has 2 aromatic carbocycles. The molecule has 2 N–H and O–H groups in total. The van der Waals surface area contributed by atoms with Gasteiger partial charge in [0.15, 0.2) is 5.17 Å². The van der Waals surface area contributed by atoms with Crippen molar-refractivity contribution in [2.45, 2.75) is 38.9 Å². The fraction of sp³-hybridized carbons (Fsp3) is 0.318. The molecule has 0 aliphatic carbocycles. The molecule has 0 spiro atoms. The van der Waals surface area contributed by atoms with Crippen LogP contribution in [0.4, 0.5) is 11.4 Å². The number of benzene rings is 2. The summed E-state index contributed by atoms with van der Waals surface area (Å²) in [5, 5.41) is 5.63. The number of nitrogens with one attached hydrogen (secondary N) is 2. The summed E-state index contributed by atoms with van der Waals surface area (Å²) >= 11 is 1.28. The van der Waals surface area contributed by atoms with E-state index >= 15 is 0 Å². The maximum Gasteiger partial charge on any atom is 0.240 e. The standard InChI is InChI=1S/C22H25N3O3S/c1-4-9-28-18-8-6-5-7-17(18)24-20(26)13-19-21(27)25-22(29-19)23-16-11-14(2)10-15(3)12-16/h5-8,10-12,19H,4,9,13H2,1-3H3,(H,24,26)(H,23,25,27)/t19-/m1/s1. The van der Waals surface area contributed by atoms with Gasteiger partial charge in [0.05, 0.1) is 18.0 Å². The number of carbonyl (C=O) groups excluding carboxylic acids is 2. The van der Waals surface area contributed by atoms with Gasteiger partial charge in [0, 0.05) is 6.42 Å². The Hall–Kier alpha value is -2.80. The number of aryl methyl sites for hydroxylation is 2. The molecule has 6 nitrogen and oxygen atoms in total. The number of nitrogens with zero attached hydrogens (tertiary/aromatic N) is 1. The SMILES string of the molecule is CCCOc1ccccc1NC(=O)C[C@H]1SC(=Nc2cc(C)cc(C)c2)NC1=O. The molecule has 1 atom stereocenters. The van der Waals surface area contributed by atoms with E-state index < -0.39 is 5.25 Å². The number of carbonyl (C=O) groups is 2. The van der Waals surface area contributed by atoms with Crippen molar-refractivity contribution in [3.05, 3.63) is 53.6 Å². The minimum atomic E-state index is -0.511. The summed E-state index contributed by atoms with van der Waals surface area (Å²) in [6.07, 6.45) is 0.939. The molecule has 1 aliphatic heterocycles. The van der Waals surface area contributed by atoms with Crippen molar-refractivity contribution in [1.82, 2.24) is 5.32 Å². The molecule has 1 heterocycles. The third kappa shape index (κ3) is 5.84. The minimum Gasteiger partial charge on any atom is -0.491 e. The van der Waals surface area contributed by atoms with Crippen LogP contribution in [0.2, 0.25) is 0 Å². The van der Waals surface area contributed by atoms with Crippen molar-refractivity contribution in [2.24, 2.45) is 4.99 Å². The van der Waals surface area contributed by atoms with Crippen LogP contribution < -0.4 is 15.4 Å². The van der Waals surface area contributed by atoms with Crippen molar-refractivity contribution in [2.75, 3.05) is 11.9 Å². The highest BCUT2D eigenvalue weighted by Crippen LogP contribution is 2.28. The van der Waals surface area contributed by atoms with E-state index in [9.17, 15) is 9.59 Å². The average Bonchev–Trinajstić information content (AvgIpc) is 2.98. The van der Waals surface area contributed by atoms with Gasteiger partial charge in [0.25, 0.3) is 0 Å². The zero-order chi connectivity index (χ0) is 20.8. The first kappa shape index (κ1) is 20.9. The zero-order valence-corrected chi connectivity index (χ0v) is 17.6. The highest BCUT2D eigenvalue weighted by molar-refractivity contribution is 8.15. The molecule has 2 aromatic rings. The highest BCUT2D eigenvalue weighted by Gasteiger charge is 2.32. The van der Waals surface area contributed by atoms with Crippen molar-refractivity contribution in [3.63, 3.8) is 0 Å². The Bertz CT molecular complexity index is 922. The molecule has 29 heavy (non-hydrogen) atoms. The molecule has 0 unspecified atom stereocenters. The lowest BCUT2D eigenvalue weighted by molar-refractivity contribution is -0.122. The van der Waals surface area contributed by atoms with Crippen molar-refractivity contribution >= 4 is 40.1 Å². The molecule has 1 aliphatic rings. The maximum absolute atomic E-state index is 12.5. The summed E-state index contributed by atoms with van der Waals surface area (Å²) in [5.74, 6) is 0.185. The Morgan fingerprint density at radius 1 is 1.21 bits per heavy atom. The summed E-state index contributed by atoms with van der Waals surface area (Å²) in [6, 6.07) is 13.3. The van der Waals surface area contributed by atoms with Gasteiger partial charge in [-0.3, -0.25) is 9.59 Å². The zero-order valence-electron chi connectivity index (χ0n) is 16.8. The van der Waals surface area contributed by atoms with E-state index in [4.69, 9.17) is 4.74 Å². The van der Waals surface area contributed by atoms with Crippen LogP contribution in [0.1, 0.15) is 30.9 Å². The summed E-state index contributed by atoms with van der Waals surface area (Å²) in [7, 11) is 0. The first-order valence-electron chi connectivity index (χ1n) is 9.61. The normalized spacial score (nSPS) is 17.3. The molecular formula is C22H25N3O3S. The molecule has 1 fully saturated rings. The number of ether oxygens (including phenoxy) is 1. The molecule has 0 bridgehead atoms. The van der Waals surface area contributed by atoms with Gasteiger partial charge in [0.1, 0.15) is 11.0 Å². The third-order valence-electron chi connectivity index (χ3n) is 4.21. The summed E-state index contributed by atoms with van der Waals surface area (Å²) in [5.41, 5.74) is 3.62. The molecule has 0 aromatic heterocycles. The maximum atomic E-state index is 12.5. The summed E-state index contributed by atoms with van der Waals surface area (Å²) in [4.78, 5) is 29.3. The van der Waals surface area contributed by atoms with E-state index in [-0.39, 0.29) is 18.2 Å². The number of anilines is 1. The van der Waals surface area contributed by atoms with E-state index in [1.54, 1.807) is 6.07 Å². The third-order valence-corrected chi connectivity index (χ3v) is 5.29. The number of thioether (sulfide) groups is 1. The number of para-hydroxylation sites is 2. The minimum absolute atomic E-state index is 0.0600. The van der Waals surface area contributed by atoms with Crippen LogP contribution in [-0.2, 0) is 9.59 Å². The van der Waals surface area contributed by atoms with E-state index in [0.717, 1.165) is 23.2 Å². The summed E-state index contributed by atoms with van der Waals surface area (Å²) in [6.45, 7) is 6.61. The predicted molar refractivity (Wildman–Crippen MR) is 118 cm³/mol. The number of hydrogen-bond donors (Lipinski definition) is 2. The van der Waals surface area contributed by atoms with Crippen LogP contribution in [0.15, 0.2) is 47.5 Å². The molecule has 1 saturated heterocycles. The van der Waals surface area contributed by atoms with Crippen molar-refractivity contribution in [1.29, 1.82) is 0 Å². The monoisotopic (exact) mass is 411 g/mol. The number of amides is 2. The molecular weight excluding hydrogens is 386 g/mol. The lowest BCUT2D eigenvalue weighted by Gasteiger charge is -2.12. The first-order chi connectivity index (χ1) is 13.9.